The van der Waals surface area contributed by atoms with Gasteiger partial charge in [-0.05, 0) is 42.2 Å². The largest absolute Gasteiger partial charge is 0.502 e. The van der Waals surface area contributed by atoms with Crippen LogP contribution in [0.1, 0.15) is 47.5 Å². The van der Waals surface area contributed by atoms with Gasteiger partial charge in [0.15, 0.2) is 5.76 Å². The molecule has 3 atom stereocenters. The second-order valence-corrected chi connectivity index (χ2v) is 10.5. The normalized spacial score (nSPS) is 19.4. The van der Waals surface area contributed by atoms with Crippen LogP contribution in [0.3, 0.4) is 0 Å². The average molecular weight is 528 g/mol. The van der Waals surface area contributed by atoms with Crippen molar-refractivity contribution in [2.75, 3.05) is 20.2 Å². The molecule has 1 N–H and O–H groups in total. The fraction of sp³-hybridized carbons (Fsp3) is 0.333. The first-order chi connectivity index (χ1) is 18.9. The van der Waals surface area contributed by atoms with E-state index in [0.29, 0.717) is 30.3 Å². The highest BCUT2D eigenvalue weighted by Crippen LogP contribution is 2.37. The first-order valence-corrected chi connectivity index (χ1v) is 13.1. The molecule has 2 aliphatic rings. The van der Waals surface area contributed by atoms with Crippen LogP contribution < -0.4 is 11.0 Å². The van der Waals surface area contributed by atoms with E-state index in [2.05, 4.69) is 9.88 Å². The molecule has 1 unspecified atom stereocenters. The minimum absolute atomic E-state index is 0.0333. The second-order valence-electron chi connectivity index (χ2n) is 10.5. The van der Waals surface area contributed by atoms with Crippen molar-refractivity contribution in [2.45, 2.75) is 37.8 Å². The second kappa shape index (κ2) is 10.1. The Morgan fingerprint density at radius 1 is 1.13 bits per heavy atom. The third-order valence-corrected chi connectivity index (χ3v) is 7.88. The maximum atomic E-state index is 12.9. The molecule has 5 heterocycles. The number of methoxy groups -OCH3 is 1. The molecule has 2 aliphatic heterocycles. The van der Waals surface area contributed by atoms with E-state index in [-0.39, 0.29) is 23.7 Å². The van der Waals surface area contributed by atoms with E-state index in [1.807, 2.05) is 47.0 Å². The molecule has 2 bridgehead atoms. The molecule has 6 rings (SSSR count). The summed E-state index contributed by atoms with van der Waals surface area (Å²) in [6.07, 6.45) is 2.61. The Bertz CT molecular complexity index is 1680. The number of aromatic hydroxyl groups is 1. The van der Waals surface area contributed by atoms with Crippen LogP contribution in [0.2, 0.25) is 0 Å². The van der Waals surface area contributed by atoms with E-state index in [0.717, 1.165) is 36.1 Å². The number of ether oxygens (including phenoxy) is 1. The smallest absolute Gasteiger partial charge is 0.306 e. The number of carbonyl (C=O) groups is 1. The first kappa shape index (κ1) is 25.1. The van der Waals surface area contributed by atoms with Crippen LogP contribution in [0.5, 0.6) is 5.75 Å². The molecule has 39 heavy (non-hydrogen) atoms. The lowest BCUT2D eigenvalue weighted by Gasteiger charge is -2.42. The molecule has 4 aromatic rings. The summed E-state index contributed by atoms with van der Waals surface area (Å²) in [7, 11) is 1.30. The van der Waals surface area contributed by atoms with Gasteiger partial charge in [0.25, 0.3) is 5.56 Å². The SMILES string of the molecule is COC(=O)CC(c1ccc2ncccc2c1)c1oc(CN2C[C@H]3C[C@@H](C2)c2cccc(=O)n2C3)cc(=O)c1O. The first-order valence-electron chi connectivity index (χ1n) is 13.1. The lowest BCUT2D eigenvalue weighted by atomic mass is 9.83. The fourth-order valence-electron chi connectivity index (χ4n) is 6.14. The zero-order chi connectivity index (χ0) is 27.1. The topological polar surface area (TPSA) is 115 Å². The standard InChI is InChI=1S/C30H29N3O6/c1-38-28(36)13-23(19-7-8-24-20(11-19)4-3-9-31-24)30-29(37)26(34)12-22(39-30)17-32-14-18-10-21(16-32)25-5-2-6-27(35)33(25)15-18/h2-9,11-12,18,21,23,37H,10,13-17H2,1H3/t18-,21+,23?/m1/s1. The van der Waals surface area contributed by atoms with E-state index in [4.69, 9.17) is 9.15 Å². The summed E-state index contributed by atoms with van der Waals surface area (Å²) in [5.74, 6) is -0.741. The zero-order valence-electron chi connectivity index (χ0n) is 21.6. The molecule has 1 aromatic carbocycles. The van der Waals surface area contributed by atoms with E-state index in [9.17, 15) is 19.5 Å². The van der Waals surface area contributed by atoms with Crippen LogP contribution in [0.25, 0.3) is 10.9 Å². The van der Waals surface area contributed by atoms with Crippen molar-refractivity contribution >= 4 is 16.9 Å². The van der Waals surface area contributed by atoms with Gasteiger partial charge < -0.3 is 18.8 Å². The molecule has 0 aliphatic carbocycles. The Labute approximate surface area is 224 Å². The van der Waals surface area contributed by atoms with Gasteiger partial charge in [-0.1, -0.05) is 18.2 Å². The van der Waals surface area contributed by atoms with Crippen molar-refractivity contribution < 1.29 is 19.1 Å². The van der Waals surface area contributed by atoms with Crippen LogP contribution in [-0.2, 0) is 22.6 Å². The van der Waals surface area contributed by atoms with Gasteiger partial charge in [-0.15, -0.1) is 0 Å². The minimum Gasteiger partial charge on any atom is -0.502 e. The van der Waals surface area contributed by atoms with Crippen LogP contribution >= 0.6 is 0 Å². The van der Waals surface area contributed by atoms with Gasteiger partial charge >= 0.3 is 5.97 Å². The number of nitrogens with zero attached hydrogens (tertiary/aromatic N) is 3. The predicted octanol–water partition coefficient (Wildman–Crippen LogP) is 3.37. The summed E-state index contributed by atoms with van der Waals surface area (Å²) in [5.41, 5.74) is 2.01. The van der Waals surface area contributed by atoms with Gasteiger partial charge in [0.05, 0.1) is 31.5 Å². The van der Waals surface area contributed by atoms with Crippen LogP contribution in [0.4, 0.5) is 0 Å². The monoisotopic (exact) mass is 527 g/mol. The summed E-state index contributed by atoms with van der Waals surface area (Å²) < 4.78 is 13.0. The van der Waals surface area contributed by atoms with Crippen molar-refractivity contribution in [3.63, 3.8) is 0 Å². The molecule has 9 nitrogen and oxygen atoms in total. The van der Waals surface area contributed by atoms with Gasteiger partial charge in [-0.2, -0.15) is 0 Å². The maximum absolute atomic E-state index is 12.9. The molecule has 0 amide bonds. The zero-order valence-corrected chi connectivity index (χ0v) is 21.6. The summed E-state index contributed by atoms with van der Waals surface area (Å²) in [6, 6.07) is 16.0. The van der Waals surface area contributed by atoms with Gasteiger partial charge in [-0.25, -0.2) is 0 Å². The molecular weight excluding hydrogens is 498 g/mol. The number of likely N-dealkylation sites (tertiary alicyclic amines) is 1. The van der Waals surface area contributed by atoms with Gasteiger partial charge in [-0.3, -0.25) is 24.3 Å². The number of piperidine rings is 1. The van der Waals surface area contributed by atoms with E-state index in [1.165, 1.54) is 13.2 Å². The van der Waals surface area contributed by atoms with Crippen LogP contribution in [0.15, 0.2) is 74.8 Å². The Hall–Kier alpha value is -4.24. The Kier molecular flexibility index (Phi) is 6.52. The van der Waals surface area contributed by atoms with E-state index >= 15 is 0 Å². The Balaban J connectivity index is 1.33. The minimum atomic E-state index is -0.728. The predicted molar refractivity (Wildman–Crippen MR) is 144 cm³/mol. The summed E-state index contributed by atoms with van der Waals surface area (Å²) in [4.78, 5) is 44.3. The summed E-state index contributed by atoms with van der Waals surface area (Å²) in [6.45, 7) is 2.54. The number of esters is 1. The van der Waals surface area contributed by atoms with Crippen molar-refractivity contribution in [3.05, 3.63) is 104 Å². The third-order valence-electron chi connectivity index (χ3n) is 7.88. The number of hydrogen-bond acceptors (Lipinski definition) is 8. The number of carbonyl (C=O) groups excluding carboxylic acids is 1. The lowest BCUT2D eigenvalue weighted by molar-refractivity contribution is -0.140. The molecular formula is C30H29N3O6. The third kappa shape index (κ3) is 4.85. The molecule has 0 radical (unpaired) electrons. The number of pyridine rings is 2. The quantitative estimate of drug-likeness (QED) is 0.380. The van der Waals surface area contributed by atoms with Gasteiger partial charge in [0, 0.05) is 55.0 Å². The highest BCUT2D eigenvalue weighted by atomic mass is 16.5. The molecule has 0 spiro atoms. The fourth-order valence-corrected chi connectivity index (χ4v) is 6.14. The molecule has 3 aromatic heterocycles. The highest BCUT2D eigenvalue weighted by Gasteiger charge is 2.35. The number of hydrogen-bond donors (Lipinski definition) is 1. The van der Waals surface area contributed by atoms with Crippen LogP contribution in [0, 0.1) is 5.92 Å². The number of fused-ring (bicyclic) bond motifs is 5. The van der Waals surface area contributed by atoms with Crippen molar-refractivity contribution in [2.24, 2.45) is 5.92 Å². The van der Waals surface area contributed by atoms with E-state index < -0.39 is 23.1 Å². The molecule has 1 saturated heterocycles. The Morgan fingerprint density at radius 3 is 2.85 bits per heavy atom. The number of rotatable bonds is 6. The summed E-state index contributed by atoms with van der Waals surface area (Å²) in [5, 5.41) is 11.7. The highest BCUT2D eigenvalue weighted by molar-refractivity contribution is 5.80. The number of aromatic nitrogens is 2. The Morgan fingerprint density at radius 2 is 2.00 bits per heavy atom. The molecule has 1 fully saturated rings. The maximum Gasteiger partial charge on any atom is 0.306 e. The van der Waals surface area contributed by atoms with Crippen LogP contribution in [-0.4, -0.2) is 45.7 Å². The lowest BCUT2D eigenvalue weighted by Crippen LogP contribution is -2.46. The molecule has 9 heteroatoms. The van der Waals surface area contributed by atoms with Crippen molar-refractivity contribution in [3.8, 4) is 5.75 Å². The van der Waals surface area contributed by atoms with Crippen molar-refractivity contribution in [1.82, 2.24) is 14.5 Å². The molecule has 0 saturated carbocycles. The number of benzene rings is 1. The van der Waals surface area contributed by atoms with Gasteiger partial charge in [0.1, 0.15) is 5.76 Å². The van der Waals surface area contributed by atoms with E-state index in [1.54, 1.807) is 12.3 Å². The van der Waals surface area contributed by atoms with Crippen molar-refractivity contribution in [1.29, 1.82) is 0 Å². The average Bonchev–Trinajstić information content (AvgIpc) is 2.94. The molecule has 200 valence electrons. The summed E-state index contributed by atoms with van der Waals surface area (Å²) >= 11 is 0. The van der Waals surface area contributed by atoms with Gasteiger partial charge in [0.2, 0.25) is 11.2 Å².